The van der Waals surface area contributed by atoms with Crippen LogP contribution in [0.3, 0.4) is 0 Å². The first-order valence-electron chi connectivity index (χ1n) is 8.27. The van der Waals surface area contributed by atoms with Gasteiger partial charge in [-0.1, -0.05) is 6.07 Å². The maximum absolute atomic E-state index is 5.63. The highest BCUT2D eigenvalue weighted by atomic mass is 32.1. The molecule has 24 heavy (non-hydrogen) atoms. The molecule has 3 heterocycles. The zero-order valence-corrected chi connectivity index (χ0v) is 15.2. The summed E-state index contributed by atoms with van der Waals surface area (Å²) in [5, 5.41) is 4.26. The highest BCUT2D eigenvalue weighted by Crippen LogP contribution is 2.39. The Balaban J connectivity index is 2.01. The Labute approximate surface area is 148 Å². The smallest absolute Gasteiger partial charge is 0.170 e. The SMILES string of the molecule is COCCn1cccc1C1C(c2ccccn2)NC(=S)N1C(C)C. The van der Waals surface area contributed by atoms with Crippen LogP contribution in [0.5, 0.6) is 0 Å². The molecule has 1 saturated heterocycles. The Morgan fingerprint density at radius 2 is 2.12 bits per heavy atom. The van der Waals surface area contributed by atoms with Gasteiger partial charge in [-0.3, -0.25) is 4.98 Å². The maximum Gasteiger partial charge on any atom is 0.170 e. The lowest BCUT2D eigenvalue weighted by Crippen LogP contribution is -2.36. The van der Waals surface area contributed by atoms with Crippen molar-refractivity contribution in [3.05, 3.63) is 54.1 Å². The van der Waals surface area contributed by atoms with Gasteiger partial charge in [0, 0.05) is 37.8 Å². The maximum atomic E-state index is 5.63. The van der Waals surface area contributed by atoms with E-state index in [1.54, 1.807) is 7.11 Å². The summed E-state index contributed by atoms with van der Waals surface area (Å²) >= 11 is 5.63. The van der Waals surface area contributed by atoms with Crippen LogP contribution in [0.25, 0.3) is 0 Å². The van der Waals surface area contributed by atoms with E-state index in [2.05, 4.69) is 58.0 Å². The molecule has 0 aromatic carbocycles. The van der Waals surface area contributed by atoms with Crippen molar-refractivity contribution in [1.82, 2.24) is 19.8 Å². The lowest BCUT2D eigenvalue weighted by atomic mass is 10.0. The molecule has 2 unspecified atom stereocenters. The van der Waals surface area contributed by atoms with Crippen molar-refractivity contribution in [2.75, 3.05) is 13.7 Å². The van der Waals surface area contributed by atoms with E-state index in [-0.39, 0.29) is 12.1 Å². The minimum absolute atomic E-state index is 0.0392. The van der Waals surface area contributed by atoms with Crippen LogP contribution < -0.4 is 5.32 Å². The fourth-order valence-corrected chi connectivity index (χ4v) is 3.78. The fraction of sp³-hybridized carbons (Fsp3) is 0.444. The van der Waals surface area contributed by atoms with Crippen molar-refractivity contribution in [1.29, 1.82) is 0 Å². The van der Waals surface area contributed by atoms with E-state index in [4.69, 9.17) is 17.0 Å². The van der Waals surface area contributed by atoms with Crippen molar-refractivity contribution in [2.45, 2.75) is 38.5 Å². The second-order valence-electron chi connectivity index (χ2n) is 6.25. The van der Waals surface area contributed by atoms with Crippen molar-refractivity contribution in [2.24, 2.45) is 0 Å². The van der Waals surface area contributed by atoms with Gasteiger partial charge in [0.25, 0.3) is 0 Å². The molecule has 5 nitrogen and oxygen atoms in total. The number of rotatable bonds is 6. The summed E-state index contributed by atoms with van der Waals surface area (Å²) in [7, 11) is 1.73. The minimum atomic E-state index is 0.0392. The molecule has 1 aliphatic heterocycles. The van der Waals surface area contributed by atoms with Gasteiger partial charge in [-0.2, -0.15) is 0 Å². The van der Waals surface area contributed by atoms with E-state index in [1.807, 2.05) is 18.3 Å². The van der Waals surface area contributed by atoms with Gasteiger partial charge >= 0.3 is 0 Å². The predicted octanol–water partition coefficient (Wildman–Crippen LogP) is 2.91. The molecule has 0 amide bonds. The molecule has 0 spiro atoms. The van der Waals surface area contributed by atoms with E-state index >= 15 is 0 Å². The summed E-state index contributed by atoms with van der Waals surface area (Å²) in [5.74, 6) is 0. The summed E-state index contributed by atoms with van der Waals surface area (Å²) in [6.45, 7) is 5.85. The lowest BCUT2D eigenvalue weighted by Gasteiger charge is -2.31. The van der Waals surface area contributed by atoms with Crippen molar-refractivity contribution in [3.8, 4) is 0 Å². The highest BCUT2D eigenvalue weighted by molar-refractivity contribution is 7.80. The Morgan fingerprint density at radius 3 is 2.79 bits per heavy atom. The molecule has 2 aromatic heterocycles. The monoisotopic (exact) mass is 344 g/mol. The van der Waals surface area contributed by atoms with E-state index in [9.17, 15) is 0 Å². The Morgan fingerprint density at radius 1 is 1.29 bits per heavy atom. The quantitative estimate of drug-likeness (QED) is 0.816. The number of nitrogens with one attached hydrogen (secondary N) is 1. The number of hydrogen-bond donors (Lipinski definition) is 1. The van der Waals surface area contributed by atoms with E-state index in [0.29, 0.717) is 12.6 Å². The van der Waals surface area contributed by atoms with Gasteiger partial charge in [0.2, 0.25) is 0 Å². The zero-order valence-electron chi connectivity index (χ0n) is 14.3. The van der Waals surface area contributed by atoms with Crippen LogP contribution >= 0.6 is 12.2 Å². The summed E-state index contributed by atoms with van der Waals surface area (Å²) in [4.78, 5) is 6.83. The van der Waals surface area contributed by atoms with Crippen LogP contribution in [-0.4, -0.2) is 39.3 Å². The van der Waals surface area contributed by atoms with Gasteiger partial charge in [0.15, 0.2) is 5.11 Å². The number of hydrogen-bond acceptors (Lipinski definition) is 3. The Kier molecular flexibility index (Phi) is 5.16. The van der Waals surface area contributed by atoms with Crippen molar-refractivity contribution >= 4 is 17.3 Å². The van der Waals surface area contributed by atoms with Crippen LogP contribution in [0.4, 0.5) is 0 Å². The van der Waals surface area contributed by atoms with Gasteiger partial charge < -0.3 is 19.5 Å². The summed E-state index contributed by atoms with van der Waals surface area (Å²) in [5.41, 5.74) is 2.23. The molecule has 128 valence electrons. The van der Waals surface area contributed by atoms with Gasteiger partial charge in [0.05, 0.1) is 24.4 Å². The number of thiocarbonyl (C=S) groups is 1. The van der Waals surface area contributed by atoms with E-state index < -0.39 is 0 Å². The first-order chi connectivity index (χ1) is 11.6. The molecule has 1 N–H and O–H groups in total. The normalized spacial score (nSPS) is 20.7. The van der Waals surface area contributed by atoms with Gasteiger partial charge in [0.1, 0.15) is 0 Å². The second kappa shape index (κ2) is 7.32. The second-order valence-corrected chi connectivity index (χ2v) is 6.63. The van der Waals surface area contributed by atoms with E-state index in [1.165, 1.54) is 5.69 Å². The number of methoxy groups -OCH3 is 1. The fourth-order valence-electron chi connectivity index (χ4n) is 3.33. The number of pyridine rings is 1. The first-order valence-corrected chi connectivity index (χ1v) is 8.68. The molecule has 1 fully saturated rings. The van der Waals surface area contributed by atoms with E-state index in [0.717, 1.165) is 17.4 Å². The number of nitrogens with zero attached hydrogens (tertiary/aromatic N) is 3. The molecule has 3 rings (SSSR count). The van der Waals surface area contributed by atoms with Gasteiger partial charge in [-0.15, -0.1) is 0 Å². The standard InChI is InChI=1S/C18H24N4OS/c1-13(2)22-17(15-8-6-10-21(15)11-12-23-3)16(20-18(22)24)14-7-4-5-9-19-14/h4-10,13,16-17H,11-12H2,1-3H3,(H,20,24). The largest absolute Gasteiger partial charge is 0.383 e. The van der Waals surface area contributed by atoms with Crippen LogP contribution in [0, 0.1) is 0 Å². The lowest BCUT2D eigenvalue weighted by molar-refractivity contribution is 0.182. The molecule has 6 heteroatoms. The highest BCUT2D eigenvalue weighted by Gasteiger charge is 2.42. The van der Waals surface area contributed by atoms with Crippen LogP contribution in [0.1, 0.15) is 37.3 Å². The average Bonchev–Trinajstić information content (AvgIpc) is 3.17. The van der Waals surface area contributed by atoms with Crippen LogP contribution in [0.15, 0.2) is 42.7 Å². The molecular weight excluding hydrogens is 320 g/mol. The zero-order chi connectivity index (χ0) is 17.1. The molecule has 0 bridgehead atoms. The molecule has 2 aromatic rings. The Hall–Kier alpha value is -1.92. The van der Waals surface area contributed by atoms with Crippen LogP contribution in [0.2, 0.25) is 0 Å². The molecule has 2 atom stereocenters. The van der Waals surface area contributed by atoms with Gasteiger partial charge in [-0.05, 0) is 50.3 Å². The molecule has 0 radical (unpaired) electrons. The summed E-state index contributed by atoms with van der Waals surface area (Å²) in [6.07, 6.45) is 3.93. The third-order valence-electron chi connectivity index (χ3n) is 4.40. The summed E-state index contributed by atoms with van der Waals surface area (Å²) < 4.78 is 7.50. The third kappa shape index (κ3) is 3.16. The molecule has 0 saturated carbocycles. The number of aromatic nitrogens is 2. The predicted molar refractivity (Wildman–Crippen MR) is 98.7 cm³/mol. The molecule has 1 aliphatic rings. The molecular formula is C18H24N4OS. The van der Waals surface area contributed by atoms with Gasteiger partial charge in [-0.25, -0.2) is 0 Å². The van der Waals surface area contributed by atoms with Crippen molar-refractivity contribution in [3.63, 3.8) is 0 Å². The molecule has 0 aliphatic carbocycles. The third-order valence-corrected chi connectivity index (χ3v) is 4.72. The minimum Gasteiger partial charge on any atom is -0.383 e. The summed E-state index contributed by atoms with van der Waals surface area (Å²) in [6, 6.07) is 10.7. The Bertz CT molecular complexity index is 685. The average molecular weight is 344 g/mol. The van der Waals surface area contributed by atoms with Crippen LogP contribution in [-0.2, 0) is 11.3 Å². The van der Waals surface area contributed by atoms with Crippen molar-refractivity contribution < 1.29 is 4.74 Å². The first kappa shape index (κ1) is 16.9. The number of ether oxygens (including phenoxy) is 1. The topological polar surface area (TPSA) is 42.3 Å².